The molecule has 1 heterocycles. The van der Waals surface area contributed by atoms with Crippen LogP contribution in [0.15, 0.2) is 47.1 Å². The van der Waals surface area contributed by atoms with Gasteiger partial charge in [0.1, 0.15) is 11.6 Å². The Morgan fingerprint density at radius 1 is 1.32 bits per heavy atom. The Hall–Kier alpha value is -2.08. The van der Waals surface area contributed by atoms with Crippen molar-refractivity contribution in [1.82, 2.24) is 9.88 Å². The number of benzene rings is 1. The number of carbonyl (C=O) groups is 1. The number of rotatable bonds is 6. The number of halogens is 1. The molecule has 0 bridgehead atoms. The summed E-state index contributed by atoms with van der Waals surface area (Å²) in [5.74, 6) is 1.41. The number of amides is 1. The van der Waals surface area contributed by atoms with E-state index in [0.717, 1.165) is 15.9 Å². The average Bonchev–Trinajstić information content (AvgIpc) is 2.52. The first-order valence-electron chi connectivity index (χ1n) is 6.82. The normalized spacial score (nSPS) is 10.1. The fraction of sp³-hybridized carbons (Fsp3) is 0.250. The van der Waals surface area contributed by atoms with Crippen molar-refractivity contribution >= 4 is 27.7 Å². The van der Waals surface area contributed by atoms with Crippen LogP contribution in [0, 0.1) is 0 Å². The van der Waals surface area contributed by atoms with E-state index in [4.69, 9.17) is 4.74 Å². The van der Waals surface area contributed by atoms with E-state index < -0.39 is 0 Å². The number of anilines is 1. The highest BCUT2D eigenvalue weighted by atomic mass is 79.9. The molecule has 0 aliphatic rings. The number of hydrogen-bond acceptors (Lipinski definition) is 4. The maximum Gasteiger partial charge on any atom is 0.259 e. The van der Waals surface area contributed by atoms with Gasteiger partial charge < -0.3 is 15.0 Å². The highest BCUT2D eigenvalue weighted by molar-refractivity contribution is 9.10. The summed E-state index contributed by atoms with van der Waals surface area (Å²) < 4.78 is 6.44. The Kier molecular flexibility index (Phi) is 5.77. The number of nitrogens with one attached hydrogen (secondary N) is 1. The highest BCUT2D eigenvalue weighted by Crippen LogP contribution is 2.15. The van der Waals surface area contributed by atoms with E-state index in [1.807, 2.05) is 36.4 Å². The van der Waals surface area contributed by atoms with Gasteiger partial charge in [-0.05, 0) is 45.8 Å². The minimum absolute atomic E-state index is 0.0398. The SMILES string of the molecule is CN(C)C(=O)COc1cccc(CNc2ccc(Br)cn2)c1. The Labute approximate surface area is 138 Å². The van der Waals surface area contributed by atoms with Crippen molar-refractivity contribution in [3.63, 3.8) is 0 Å². The molecule has 0 spiro atoms. The molecule has 1 amide bonds. The molecule has 0 atom stereocenters. The first kappa shape index (κ1) is 16.3. The molecule has 116 valence electrons. The number of carbonyl (C=O) groups excluding carboxylic acids is 1. The van der Waals surface area contributed by atoms with Crippen LogP contribution in [-0.4, -0.2) is 36.5 Å². The van der Waals surface area contributed by atoms with Crippen LogP contribution in [0.4, 0.5) is 5.82 Å². The monoisotopic (exact) mass is 363 g/mol. The number of ether oxygens (including phenoxy) is 1. The molecule has 5 nitrogen and oxygen atoms in total. The molecule has 0 radical (unpaired) electrons. The van der Waals surface area contributed by atoms with Gasteiger partial charge in [0, 0.05) is 31.3 Å². The molecule has 2 rings (SSSR count). The lowest BCUT2D eigenvalue weighted by Gasteiger charge is -2.12. The van der Waals surface area contributed by atoms with Gasteiger partial charge in [-0.1, -0.05) is 12.1 Å². The van der Waals surface area contributed by atoms with Crippen molar-refractivity contribution in [3.05, 3.63) is 52.6 Å². The second kappa shape index (κ2) is 7.79. The van der Waals surface area contributed by atoms with Crippen LogP contribution in [0.5, 0.6) is 5.75 Å². The first-order chi connectivity index (χ1) is 10.5. The molecule has 22 heavy (non-hydrogen) atoms. The molecule has 1 aromatic heterocycles. The molecule has 0 fully saturated rings. The lowest BCUT2D eigenvalue weighted by atomic mass is 10.2. The maximum atomic E-state index is 11.5. The number of pyridine rings is 1. The van der Waals surface area contributed by atoms with E-state index in [-0.39, 0.29) is 12.5 Å². The Balaban J connectivity index is 1.90. The summed E-state index contributed by atoms with van der Waals surface area (Å²) in [6, 6.07) is 11.5. The van der Waals surface area contributed by atoms with E-state index in [9.17, 15) is 4.79 Å². The largest absolute Gasteiger partial charge is 0.484 e. The van der Waals surface area contributed by atoms with E-state index in [0.29, 0.717) is 12.3 Å². The summed E-state index contributed by atoms with van der Waals surface area (Å²) in [7, 11) is 3.41. The van der Waals surface area contributed by atoms with Gasteiger partial charge in [-0.2, -0.15) is 0 Å². The van der Waals surface area contributed by atoms with Crippen LogP contribution < -0.4 is 10.1 Å². The van der Waals surface area contributed by atoms with Gasteiger partial charge in [-0.3, -0.25) is 4.79 Å². The molecule has 1 aromatic carbocycles. The maximum absolute atomic E-state index is 11.5. The van der Waals surface area contributed by atoms with Gasteiger partial charge >= 0.3 is 0 Å². The smallest absolute Gasteiger partial charge is 0.259 e. The van der Waals surface area contributed by atoms with Gasteiger partial charge in [0.05, 0.1) is 0 Å². The fourth-order valence-electron chi connectivity index (χ4n) is 1.69. The Morgan fingerprint density at radius 3 is 2.82 bits per heavy atom. The summed E-state index contributed by atoms with van der Waals surface area (Å²) in [5, 5.41) is 3.24. The minimum Gasteiger partial charge on any atom is -0.484 e. The molecular weight excluding hydrogens is 346 g/mol. The van der Waals surface area contributed by atoms with Crippen molar-refractivity contribution in [2.24, 2.45) is 0 Å². The van der Waals surface area contributed by atoms with Crippen molar-refractivity contribution in [2.45, 2.75) is 6.54 Å². The number of hydrogen-bond donors (Lipinski definition) is 1. The van der Waals surface area contributed by atoms with E-state index in [1.54, 1.807) is 20.3 Å². The Bertz CT molecular complexity index is 630. The van der Waals surface area contributed by atoms with Crippen LogP contribution in [0.2, 0.25) is 0 Å². The third kappa shape index (κ3) is 5.04. The lowest BCUT2D eigenvalue weighted by Crippen LogP contribution is -2.27. The first-order valence-corrected chi connectivity index (χ1v) is 7.61. The van der Waals surface area contributed by atoms with Gasteiger partial charge in [0.15, 0.2) is 6.61 Å². The number of likely N-dealkylation sites (N-methyl/N-ethyl adjacent to an activating group) is 1. The van der Waals surface area contributed by atoms with Crippen molar-refractivity contribution in [3.8, 4) is 5.75 Å². The molecule has 0 aliphatic carbocycles. The van der Waals surface area contributed by atoms with Crippen LogP contribution in [0.3, 0.4) is 0 Å². The zero-order valence-electron chi connectivity index (χ0n) is 12.5. The van der Waals surface area contributed by atoms with Gasteiger partial charge in [0.2, 0.25) is 0 Å². The molecule has 0 saturated heterocycles. The molecule has 6 heteroatoms. The highest BCUT2D eigenvalue weighted by Gasteiger charge is 2.05. The van der Waals surface area contributed by atoms with Crippen LogP contribution in [-0.2, 0) is 11.3 Å². The van der Waals surface area contributed by atoms with Gasteiger partial charge in [0.25, 0.3) is 5.91 Å². The van der Waals surface area contributed by atoms with Gasteiger partial charge in [-0.15, -0.1) is 0 Å². The predicted octanol–water partition coefficient (Wildman–Crippen LogP) is 2.92. The number of aromatic nitrogens is 1. The van der Waals surface area contributed by atoms with Gasteiger partial charge in [-0.25, -0.2) is 4.98 Å². The third-order valence-electron chi connectivity index (χ3n) is 2.96. The van der Waals surface area contributed by atoms with Crippen molar-refractivity contribution < 1.29 is 9.53 Å². The van der Waals surface area contributed by atoms with Crippen LogP contribution in [0.25, 0.3) is 0 Å². The summed E-state index contributed by atoms with van der Waals surface area (Å²) in [4.78, 5) is 17.3. The summed E-state index contributed by atoms with van der Waals surface area (Å²) in [5.41, 5.74) is 1.06. The standard InChI is InChI=1S/C16H18BrN3O2/c1-20(2)16(21)11-22-14-5-3-4-12(8-14)9-18-15-7-6-13(17)10-19-15/h3-8,10H,9,11H2,1-2H3,(H,18,19). The zero-order chi connectivity index (χ0) is 15.9. The minimum atomic E-state index is -0.0670. The summed E-state index contributed by atoms with van der Waals surface area (Å²) in [6.07, 6.45) is 1.74. The second-order valence-electron chi connectivity index (χ2n) is 4.94. The third-order valence-corrected chi connectivity index (χ3v) is 3.43. The molecule has 2 aromatic rings. The second-order valence-corrected chi connectivity index (χ2v) is 5.86. The lowest BCUT2D eigenvalue weighted by molar-refractivity contribution is -0.130. The molecular formula is C16H18BrN3O2. The Morgan fingerprint density at radius 2 is 2.14 bits per heavy atom. The number of nitrogens with zero attached hydrogens (tertiary/aromatic N) is 2. The van der Waals surface area contributed by atoms with Crippen LogP contribution in [0.1, 0.15) is 5.56 Å². The molecule has 0 unspecified atom stereocenters. The summed E-state index contributed by atoms with van der Waals surface area (Å²) in [6.45, 7) is 0.672. The predicted molar refractivity (Wildman–Crippen MR) is 89.9 cm³/mol. The molecule has 1 N–H and O–H groups in total. The molecule has 0 aliphatic heterocycles. The van der Waals surface area contributed by atoms with E-state index >= 15 is 0 Å². The van der Waals surface area contributed by atoms with Crippen LogP contribution >= 0.6 is 15.9 Å². The quantitative estimate of drug-likeness (QED) is 0.857. The average molecular weight is 364 g/mol. The van der Waals surface area contributed by atoms with Crippen molar-refractivity contribution in [1.29, 1.82) is 0 Å². The van der Waals surface area contributed by atoms with E-state index in [2.05, 4.69) is 26.2 Å². The topological polar surface area (TPSA) is 54.5 Å². The summed E-state index contributed by atoms with van der Waals surface area (Å²) >= 11 is 3.35. The van der Waals surface area contributed by atoms with Crippen molar-refractivity contribution in [2.75, 3.05) is 26.0 Å². The fourth-order valence-corrected chi connectivity index (χ4v) is 1.93. The van der Waals surface area contributed by atoms with E-state index in [1.165, 1.54) is 4.90 Å². The molecule has 0 saturated carbocycles. The zero-order valence-corrected chi connectivity index (χ0v) is 14.1.